The fourth-order valence-electron chi connectivity index (χ4n) is 1.60. The van der Waals surface area contributed by atoms with Gasteiger partial charge in [-0.25, -0.2) is 4.79 Å². The van der Waals surface area contributed by atoms with Crippen molar-refractivity contribution >= 4 is 12.1 Å². The fraction of sp³-hybridized carbons (Fsp3) is 0.500. The van der Waals surface area contributed by atoms with Gasteiger partial charge in [-0.3, -0.25) is 4.79 Å². The molecule has 0 aliphatic carbocycles. The molecule has 1 aromatic rings. The highest BCUT2D eigenvalue weighted by Gasteiger charge is 2.15. The van der Waals surface area contributed by atoms with Crippen LogP contribution in [0.15, 0.2) is 30.3 Å². The maximum absolute atomic E-state index is 11.5. The molecular weight excluding hydrogens is 270 g/mol. The third-order valence-electron chi connectivity index (χ3n) is 2.49. The van der Waals surface area contributed by atoms with Gasteiger partial charge >= 0.3 is 12.1 Å². The molecule has 0 bridgehead atoms. The number of ether oxygens (including phenoxy) is 2. The average Bonchev–Trinajstić information content (AvgIpc) is 2.40. The minimum absolute atomic E-state index is 0.146. The Balaban J connectivity index is 2.10. The number of amides is 1. The van der Waals surface area contributed by atoms with E-state index in [1.165, 1.54) is 0 Å². The van der Waals surface area contributed by atoms with E-state index in [0.29, 0.717) is 12.8 Å². The topological polar surface area (TPSA) is 64.6 Å². The first-order valence-corrected chi connectivity index (χ1v) is 7.03. The van der Waals surface area contributed by atoms with Crippen LogP contribution in [0.1, 0.15) is 32.8 Å². The number of carbonyl (C=O) groups is 2. The van der Waals surface area contributed by atoms with Crippen LogP contribution < -0.4 is 5.32 Å². The molecular formula is C16H23NO4. The van der Waals surface area contributed by atoms with Gasteiger partial charge in [0, 0.05) is 6.42 Å². The lowest BCUT2D eigenvalue weighted by Gasteiger charge is -2.19. The summed E-state index contributed by atoms with van der Waals surface area (Å²) in [5, 5.41) is 2.53. The van der Waals surface area contributed by atoms with Gasteiger partial charge in [0.2, 0.25) is 0 Å². The summed E-state index contributed by atoms with van der Waals surface area (Å²) in [5.74, 6) is -0.273. The quantitative estimate of drug-likeness (QED) is 0.647. The van der Waals surface area contributed by atoms with Crippen LogP contribution >= 0.6 is 0 Å². The first-order valence-electron chi connectivity index (χ1n) is 7.03. The van der Waals surface area contributed by atoms with E-state index in [1.54, 1.807) is 20.8 Å². The molecule has 0 heterocycles. The average molecular weight is 293 g/mol. The molecule has 0 radical (unpaired) electrons. The predicted molar refractivity (Wildman–Crippen MR) is 80.0 cm³/mol. The molecule has 116 valence electrons. The number of aryl methyl sites for hydroxylation is 1. The molecule has 0 aromatic heterocycles. The zero-order chi connectivity index (χ0) is 15.7. The van der Waals surface area contributed by atoms with Crippen molar-refractivity contribution in [2.24, 2.45) is 0 Å². The van der Waals surface area contributed by atoms with E-state index >= 15 is 0 Å². The van der Waals surface area contributed by atoms with Crippen LogP contribution in [0.4, 0.5) is 4.79 Å². The smallest absolute Gasteiger partial charge is 0.407 e. The Morgan fingerprint density at radius 2 is 1.81 bits per heavy atom. The minimum atomic E-state index is -0.531. The van der Waals surface area contributed by atoms with Crippen LogP contribution in [-0.4, -0.2) is 30.8 Å². The van der Waals surface area contributed by atoms with Crippen molar-refractivity contribution in [3.63, 3.8) is 0 Å². The van der Waals surface area contributed by atoms with Crippen LogP contribution in [-0.2, 0) is 20.7 Å². The summed E-state index contributed by atoms with van der Waals surface area (Å²) in [7, 11) is 0. The number of benzene rings is 1. The Bertz CT molecular complexity index is 451. The summed E-state index contributed by atoms with van der Waals surface area (Å²) in [6.07, 6.45) is 0.471. The van der Waals surface area contributed by atoms with E-state index in [1.807, 2.05) is 30.3 Å². The van der Waals surface area contributed by atoms with Gasteiger partial charge in [-0.2, -0.15) is 0 Å². The van der Waals surface area contributed by atoms with E-state index in [9.17, 15) is 9.59 Å². The number of hydrogen-bond acceptors (Lipinski definition) is 4. The molecule has 0 fully saturated rings. The van der Waals surface area contributed by atoms with Crippen molar-refractivity contribution in [2.45, 2.75) is 39.2 Å². The Labute approximate surface area is 125 Å². The van der Waals surface area contributed by atoms with Crippen LogP contribution in [0.5, 0.6) is 0 Å². The summed E-state index contributed by atoms with van der Waals surface area (Å²) < 4.78 is 10.1. The summed E-state index contributed by atoms with van der Waals surface area (Å²) >= 11 is 0. The number of carbonyl (C=O) groups excluding carboxylic acids is 2. The third kappa shape index (κ3) is 8.68. The Morgan fingerprint density at radius 3 is 2.43 bits per heavy atom. The zero-order valence-electron chi connectivity index (χ0n) is 12.8. The van der Waals surface area contributed by atoms with E-state index in [2.05, 4.69) is 5.32 Å². The van der Waals surface area contributed by atoms with Crippen molar-refractivity contribution in [2.75, 3.05) is 13.2 Å². The summed E-state index contributed by atoms with van der Waals surface area (Å²) in [4.78, 5) is 22.9. The van der Waals surface area contributed by atoms with Crippen LogP contribution in [0, 0.1) is 0 Å². The van der Waals surface area contributed by atoms with Gasteiger partial charge in [-0.15, -0.1) is 0 Å². The molecule has 0 aliphatic heterocycles. The van der Waals surface area contributed by atoms with E-state index < -0.39 is 11.7 Å². The van der Waals surface area contributed by atoms with Crippen molar-refractivity contribution in [1.29, 1.82) is 0 Å². The molecule has 21 heavy (non-hydrogen) atoms. The lowest BCUT2D eigenvalue weighted by Crippen LogP contribution is -2.34. The Hall–Kier alpha value is -2.04. The maximum atomic E-state index is 11.5. The van der Waals surface area contributed by atoms with Gasteiger partial charge in [0.15, 0.2) is 0 Å². The molecule has 0 atom stereocenters. The summed E-state index contributed by atoms with van der Waals surface area (Å²) in [6.45, 7) is 5.75. The molecule has 0 unspecified atom stereocenters. The summed E-state index contributed by atoms with van der Waals surface area (Å²) in [5.41, 5.74) is 0.567. The highest BCUT2D eigenvalue weighted by molar-refractivity contribution is 5.70. The van der Waals surface area contributed by atoms with Crippen LogP contribution in [0.3, 0.4) is 0 Å². The van der Waals surface area contributed by atoms with Gasteiger partial charge in [0.25, 0.3) is 0 Å². The molecule has 0 spiro atoms. The van der Waals surface area contributed by atoms with Gasteiger partial charge in [0.1, 0.15) is 12.2 Å². The van der Waals surface area contributed by atoms with Crippen molar-refractivity contribution < 1.29 is 19.1 Å². The third-order valence-corrected chi connectivity index (χ3v) is 2.49. The van der Waals surface area contributed by atoms with E-state index in [4.69, 9.17) is 9.47 Å². The molecule has 1 aromatic carbocycles. The van der Waals surface area contributed by atoms with E-state index in [-0.39, 0.29) is 19.1 Å². The molecule has 1 rings (SSSR count). The monoisotopic (exact) mass is 293 g/mol. The standard InChI is InChI=1S/C16H23NO4/c1-16(2,3)21-15(19)17-11-12-20-14(18)10-9-13-7-5-4-6-8-13/h4-8H,9-12H2,1-3H3,(H,17,19). The molecule has 0 saturated heterocycles. The lowest BCUT2D eigenvalue weighted by molar-refractivity contribution is -0.143. The predicted octanol–water partition coefficient (Wildman–Crippen LogP) is 2.69. The first-order chi connectivity index (χ1) is 9.87. The number of nitrogens with one attached hydrogen (secondary N) is 1. The second-order valence-corrected chi connectivity index (χ2v) is 5.63. The second kappa shape index (κ2) is 8.29. The van der Waals surface area contributed by atoms with Crippen molar-refractivity contribution in [1.82, 2.24) is 5.32 Å². The number of rotatable bonds is 6. The first kappa shape index (κ1) is 17.0. The minimum Gasteiger partial charge on any atom is -0.464 e. The highest BCUT2D eigenvalue weighted by atomic mass is 16.6. The molecule has 1 N–H and O–H groups in total. The maximum Gasteiger partial charge on any atom is 0.407 e. The second-order valence-electron chi connectivity index (χ2n) is 5.63. The normalized spacial score (nSPS) is 10.8. The lowest BCUT2D eigenvalue weighted by atomic mass is 10.1. The molecule has 5 heteroatoms. The number of esters is 1. The zero-order valence-corrected chi connectivity index (χ0v) is 12.8. The highest BCUT2D eigenvalue weighted by Crippen LogP contribution is 2.06. The van der Waals surface area contributed by atoms with Crippen molar-refractivity contribution in [3.05, 3.63) is 35.9 Å². The van der Waals surface area contributed by atoms with Gasteiger partial charge in [-0.1, -0.05) is 30.3 Å². The largest absolute Gasteiger partial charge is 0.464 e. The van der Waals surface area contributed by atoms with Gasteiger partial charge < -0.3 is 14.8 Å². The molecule has 1 amide bonds. The molecule has 0 aliphatic rings. The summed E-state index contributed by atoms with van der Waals surface area (Å²) in [6, 6.07) is 9.75. The van der Waals surface area contributed by atoms with Gasteiger partial charge in [-0.05, 0) is 32.8 Å². The number of hydrogen-bond donors (Lipinski definition) is 1. The number of alkyl carbamates (subject to hydrolysis) is 1. The van der Waals surface area contributed by atoms with Crippen LogP contribution in [0.2, 0.25) is 0 Å². The Morgan fingerprint density at radius 1 is 1.14 bits per heavy atom. The molecule has 0 saturated carbocycles. The SMILES string of the molecule is CC(C)(C)OC(=O)NCCOC(=O)CCc1ccccc1. The van der Waals surface area contributed by atoms with Gasteiger partial charge in [0.05, 0.1) is 6.54 Å². The van der Waals surface area contributed by atoms with Crippen molar-refractivity contribution in [3.8, 4) is 0 Å². The molecule has 5 nitrogen and oxygen atoms in total. The van der Waals surface area contributed by atoms with E-state index in [0.717, 1.165) is 5.56 Å². The van der Waals surface area contributed by atoms with Crippen LogP contribution in [0.25, 0.3) is 0 Å². The fourth-order valence-corrected chi connectivity index (χ4v) is 1.60. The Kier molecular flexibility index (Phi) is 6.72.